The van der Waals surface area contributed by atoms with Gasteiger partial charge in [0.2, 0.25) is 12.2 Å². The number of hydrogen-bond acceptors (Lipinski definition) is 10. The predicted octanol–water partition coefficient (Wildman–Crippen LogP) is 6.95. The van der Waals surface area contributed by atoms with Gasteiger partial charge < -0.3 is 30.0 Å². The quantitative estimate of drug-likeness (QED) is 0.0653. The molecule has 5 atom stereocenters. The molecule has 1 fully saturated rings. The molecule has 0 aromatic heterocycles. The third kappa shape index (κ3) is 9.17. The number of nitriles is 1. The highest BCUT2D eigenvalue weighted by molar-refractivity contribution is 6.31. The first-order valence-electron chi connectivity index (χ1n) is 16.5. The summed E-state index contributed by atoms with van der Waals surface area (Å²) in [6, 6.07) is 12.0. The number of halogens is 4. The fraction of sp³-hybridized carbons (Fsp3) is 0.405. The number of methoxy groups -OCH3 is 1. The van der Waals surface area contributed by atoms with Gasteiger partial charge in [-0.2, -0.15) is 10.3 Å². The van der Waals surface area contributed by atoms with Gasteiger partial charge in [0.1, 0.15) is 22.8 Å². The molecule has 16 heteroatoms. The number of anilines is 1. The van der Waals surface area contributed by atoms with Gasteiger partial charge in [-0.05, 0) is 60.2 Å². The van der Waals surface area contributed by atoms with Crippen LogP contribution in [0.4, 0.5) is 19.3 Å². The van der Waals surface area contributed by atoms with Crippen LogP contribution in [0.5, 0.6) is 5.75 Å². The van der Waals surface area contributed by atoms with E-state index in [4.69, 9.17) is 42.5 Å². The van der Waals surface area contributed by atoms with E-state index in [1.54, 1.807) is 0 Å². The topological polar surface area (TPSA) is 170 Å². The van der Waals surface area contributed by atoms with E-state index in [1.165, 1.54) is 62.6 Å². The van der Waals surface area contributed by atoms with Gasteiger partial charge in [-0.3, -0.25) is 10.0 Å². The van der Waals surface area contributed by atoms with Gasteiger partial charge in [0, 0.05) is 36.1 Å². The van der Waals surface area contributed by atoms with Crippen molar-refractivity contribution in [1.82, 2.24) is 10.4 Å². The smallest absolute Gasteiger partial charge is 0.436 e. The number of esters is 1. The highest BCUT2D eigenvalue weighted by Gasteiger charge is 2.61. The Morgan fingerprint density at radius 3 is 2.45 bits per heavy atom. The number of hydroxylamine groups is 2. The number of benzene rings is 3. The van der Waals surface area contributed by atoms with Crippen LogP contribution in [0.3, 0.4) is 0 Å². The van der Waals surface area contributed by atoms with E-state index in [9.17, 15) is 24.9 Å². The second-order valence-corrected chi connectivity index (χ2v) is 14.5. The summed E-state index contributed by atoms with van der Waals surface area (Å²) in [7, 11) is 1.29. The lowest BCUT2D eigenvalue weighted by Gasteiger charge is -2.37. The second-order valence-electron chi connectivity index (χ2n) is 13.6. The maximum Gasteiger partial charge on any atom is 0.436 e. The van der Waals surface area contributed by atoms with Crippen LogP contribution >= 0.6 is 23.2 Å². The molecule has 4 rings (SSSR count). The Labute approximate surface area is 315 Å². The Balaban J connectivity index is 1.71. The van der Waals surface area contributed by atoms with E-state index < -0.39 is 64.7 Å². The lowest BCUT2D eigenvalue weighted by atomic mass is 9.62. The molecule has 2 amide bonds. The van der Waals surface area contributed by atoms with Crippen molar-refractivity contribution in [3.8, 4) is 11.8 Å². The van der Waals surface area contributed by atoms with Crippen LogP contribution in [0.15, 0.2) is 54.6 Å². The van der Waals surface area contributed by atoms with Gasteiger partial charge in [-0.15, -0.1) is 0 Å². The predicted molar refractivity (Wildman–Crippen MR) is 191 cm³/mol. The van der Waals surface area contributed by atoms with E-state index in [1.807, 2.05) is 20.8 Å². The number of rotatable bonds is 12. The maximum absolute atomic E-state index is 16.0. The average Bonchev–Trinajstić information content (AvgIpc) is 3.41. The van der Waals surface area contributed by atoms with Crippen LogP contribution in [-0.4, -0.2) is 72.0 Å². The molecule has 284 valence electrons. The molecule has 3 aromatic rings. The van der Waals surface area contributed by atoms with Gasteiger partial charge in [0.15, 0.2) is 0 Å². The fourth-order valence-corrected chi connectivity index (χ4v) is 6.79. The summed E-state index contributed by atoms with van der Waals surface area (Å²) in [4.78, 5) is 39.2. The number of aliphatic hydroxyl groups is 1. The Morgan fingerprint density at radius 2 is 1.83 bits per heavy atom. The summed E-state index contributed by atoms with van der Waals surface area (Å²) in [5.41, 5.74) is -2.45. The Kier molecular flexibility index (Phi) is 13.3. The summed E-state index contributed by atoms with van der Waals surface area (Å²) in [5, 5.41) is 35.6. The lowest BCUT2D eigenvalue weighted by Crippen LogP contribution is -2.45. The van der Waals surface area contributed by atoms with Crippen molar-refractivity contribution in [1.29, 1.82) is 5.26 Å². The second kappa shape index (κ2) is 17.1. The molecule has 1 aliphatic rings. The molecule has 0 saturated carbocycles. The molecule has 53 heavy (non-hydrogen) atoms. The van der Waals surface area contributed by atoms with Gasteiger partial charge in [-0.25, -0.2) is 18.4 Å². The van der Waals surface area contributed by atoms with E-state index in [-0.39, 0.29) is 69.2 Å². The van der Waals surface area contributed by atoms with Crippen molar-refractivity contribution < 1.29 is 47.7 Å². The van der Waals surface area contributed by atoms with E-state index in [0.717, 1.165) is 6.07 Å². The zero-order valence-electron chi connectivity index (χ0n) is 29.6. The van der Waals surface area contributed by atoms with Crippen molar-refractivity contribution in [3.63, 3.8) is 0 Å². The van der Waals surface area contributed by atoms with Gasteiger partial charge in [-0.1, -0.05) is 62.2 Å². The number of amides is 2. The first kappa shape index (κ1) is 41.2. The average molecular weight is 778 g/mol. The van der Waals surface area contributed by atoms with Crippen molar-refractivity contribution in [2.45, 2.75) is 70.2 Å². The maximum atomic E-state index is 16.0. The zero-order chi connectivity index (χ0) is 39.2. The first-order valence-corrected chi connectivity index (χ1v) is 17.3. The third-order valence-electron chi connectivity index (χ3n) is 8.71. The number of carbonyl (C=O) groups is 3. The minimum atomic E-state index is -1.85. The number of nitrogens with one attached hydrogen (secondary N) is 2. The van der Waals surface area contributed by atoms with Crippen molar-refractivity contribution in [2.24, 2.45) is 5.41 Å². The molecule has 1 saturated heterocycles. The van der Waals surface area contributed by atoms with Crippen molar-refractivity contribution >= 4 is 46.9 Å². The van der Waals surface area contributed by atoms with Crippen LogP contribution in [0.25, 0.3) is 0 Å². The van der Waals surface area contributed by atoms with Crippen molar-refractivity contribution in [3.05, 3.63) is 93.0 Å². The number of aliphatic hydroxyl groups excluding tert-OH is 1. The fourth-order valence-electron chi connectivity index (χ4n) is 6.45. The van der Waals surface area contributed by atoms with Crippen LogP contribution in [0.2, 0.25) is 10.0 Å². The Morgan fingerprint density at radius 1 is 1.11 bits per heavy atom. The number of nitrogens with zero attached hydrogens (tertiary/aromatic N) is 2. The minimum absolute atomic E-state index is 0.00741. The largest absolute Gasteiger partial charge is 0.495 e. The first-order chi connectivity index (χ1) is 25.0. The van der Waals surface area contributed by atoms with E-state index in [0.29, 0.717) is 0 Å². The molecule has 0 bridgehead atoms. The molecule has 0 aliphatic carbocycles. The number of hydrogen-bond donors (Lipinski definition) is 4. The standard InChI is InChI=1S/C37H40Cl2F2N4O8/c1-20(53-35(49)45(50)14-7-15-46)52-34(48)21-10-13-27(28(16-21)51-5)43-33(47)32-30(23-8-6-9-25(39)31(23)41)37(19-42,29(44-32)18-36(2,3)4)24-12-11-22(38)17-26(24)40/h6,8-13,16-17,20,29-30,32,44,46,50H,7,14-15,18H2,1-5H3,(H,43,47)/t20?,29-,30-,32+,37-/m0/s1. The van der Waals surface area contributed by atoms with Gasteiger partial charge in [0.25, 0.3) is 0 Å². The monoisotopic (exact) mass is 776 g/mol. The minimum Gasteiger partial charge on any atom is -0.495 e. The SMILES string of the molecule is COc1cc(C(=O)OC(C)OC(=O)N(O)CCCO)ccc1NC(=O)[C@@H]1N[C@@H](CC(C)(C)C)[C@](C#N)(c2ccc(Cl)cc2F)[C@H]1c1cccc(Cl)c1F. The molecule has 1 heterocycles. The Hall–Kier alpha value is -4.52. The molecule has 1 aliphatic heterocycles. The molecule has 12 nitrogen and oxygen atoms in total. The van der Waals surface area contributed by atoms with Gasteiger partial charge >= 0.3 is 12.1 Å². The summed E-state index contributed by atoms with van der Waals surface area (Å²) in [6.07, 6.45) is -2.27. The van der Waals surface area contributed by atoms with Crippen molar-refractivity contribution in [2.75, 3.05) is 25.6 Å². The van der Waals surface area contributed by atoms with Crippen LogP contribution in [0.1, 0.15) is 67.9 Å². The van der Waals surface area contributed by atoms with E-state index >= 15 is 8.78 Å². The summed E-state index contributed by atoms with van der Waals surface area (Å²) in [5.74, 6) is -4.67. The number of carbonyl (C=O) groups excluding carboxylic acids is 3. The molecular formula is C37H40Cl2F2N4O8. The highest BCUT2D eigenvalue weighted by atomic mass is 35.5. The van der Waals surface area contributed by atoms with Crippen LogP contribution < -0.4 is 15.4 Å². The Bertz CT molecular complexity index is 1890. The summed E-state index contributed by atoms with van der Waals surface area (Å²) < 4.78 is 47.4. The molecule has 0 radical (unpaired) electrons. The molecular weight excluding hydrogens is 737 g/mol. The molecule has 1 unspecified atom stereocenters. The molecule has 4 N–H and O–H groups in total. The summed E-state index contributed by atoms with van der Waals surface area (Å²) in [6.45, 7) is 6.52. The molecule has 0 spiro atoms. The lowest BCUT2D eigenvalue weighted by molar-refractivity contribution is -0.121. The zero-order valence-corrected chi connectivity index (χ0v) is 31.1. The van der Waals surface area contributed by atoms with Crippen LogP contribution in [-0.2, 0) is 19.7 Å². The van der Waals surface area contributed by atoms with E-state index in [2.05, 4.69) is 16.7 Å². The molecule has 3 aromatic carbocycles. The normalized spacial score (nSPS) is 20.2. The summed E-state index contributed by atoms with van der Waals surface area (Å²) >= 11 is 12.3. The van der Waals surface area contributed by atoms with Gasteiger partial charge in [0.05, 0.1) is 42.0 Å². The third-order valence-corrected chi connectivity index (χ3v) is 9.23. The van der Waals surface area contributed by atoms with Crippen LogP contribution in [0, 0.1) is 28.4 Å². The number of ether oxygens (including phenoxy) is 3. The highest BCUT2D eigenvalue weighted by Crippen LogP contribution is 2.53.